The molecule has 0 spiro atoms. The molecular weight excluding hydrogens is 859 g/mol. The average Bonchev–Trinajstić information content (AvgIpc) is 3.97. The summed E-state index contributed by atoms with van der Waals surface area (Å²) in [5.74, 6) is 1.42. The van der Waals surface area contributed by atoms with Crippen LogP contribution in [0.2, 0.25) is 0 Å². The van der Waals surface area contributed by atoms with Crippen LogP contribution in [-0.4, -0.2) is 97.7 Å². The topological polar surface area (TPSA) is 180 Å². The molecule has 4 amide bonds. The molecule has 15 heteroatoms. The highest BCUT2D eigenvalue weighted by Crippen LogP contribution is 2.41. The standard InChI is InChI=1S/C53H61N9O6/c1-31(2)46(59-53(66)67-6)50(63)60-27-7-9-44(60)48-55-29-40(57-48)35-13-17-37(18-14-35)42-25-26-43(62(42)39-23-21-34(22-24-39)33-11-12-33)38-19-15-36(16-20-38)41-30-56-49(58-41)45-10-8-28-61(45)51(64)47(32(3)4)68-52(65)54-5/h13-26,29-33,44-47H,7-12,27-28H2,1-6H3,(H,54,65)(H,55,57)(H,56,58)(H,59,66)/t44-,45-,46-,47-/m0/s1. The lowest BCUT2D eigenvalue weighted by atomic mass is 10.0. The highest BCUT2D eigenvalue weighted by Gasteiger charge is 2.39. The number of nitrogens with one attached hydrogen (secondary N) is 4. The molecule has 0 unspecified atom stereocenters. The largest absolute Gasteiger partial charge is 0.453 e. The number of aromatic amines is 2. The highest BCUT2D eigenvalue weighted by molar-refractivity contribution is 5.87. The monoisotopic (exact) mass is 919 g/mol. The molecule has 4 N–H and O–H groups in total. The van der Waals surface area contributed by atoms with Crippen LogP contribution in [0.4, 0.5) is 9.59 Å². The Morgan fingerprint density at radius 3 is 1.59 bits per heavy atom. The van der Waals surface area contributed by atoms with Gasteiger partial charge in [0, 0.05) is 49.3 Å². The molecule has 6 aromatic rings. The van der Waals surface area contributed by atoms with E-state index in [4.69, 9.17) is 19.4 Å². The van der Waals surface area contributed by atoms with Gasteiger partial charge in [0.15, 0.2) is 6.10 Å². The van der Waals surface area contributed by atoms with Crippen LogP contribution < -0.4 is 10.6 Å². The average molecular weight is 920 g/mol. The third-order valence-corrected chi connectivity index (χ3v) is 13.6. The number of rotatable bonds is 14. The lowest BCUT2D eigenvalue weighted by Gasteiger charge is -2.29. The van der Waals surface area contributed by atoms with Crippen molar-refractivity contribution in [2.45, 2.75) is 96.4 Å². The number of ether oxygens (including phenoxy) is 2. The molecular formula is C53H61N9O6. The number of benzene rings is 3. The Bertz CT molecular complexity index is 2590. The van der Waals surface area contributed by atoms with Gasteiger partial charge in [-0.1, -0.05) is 88.4 Å². The van der Waals surface area contributed by atoms with E-state index in [1.165, 1.54) is 32.6 Å². The number of carbonyl (C=O) groups is 4. The third kappa shape index (κ3) is 9.38. The quantitative estimate of drug-likeness (QED) is 0.0834. The highest BCUT2D eigenvalue weighted by atomic mass is 16.6. The minimum absolute atomic E-state index is 0.116. The van der Waals surface area contributed by atoms with Crippen LogP contribution in [0.1, 0.15) is 101 Å². The van der Waals surface area contributed by atoms with Crippen molar-refractivity contribution in [1.82, 2.24) is 44.9 Å². The fourth-order valence-electron chi connectivity index (χ4n) is 9.73. The van der Waals surface area contributed by atoms with Crippen molar-refractivity contribution in [3.63, 3.8) is 0 Å². The Balaban J connectivity index is 0.951. The molecule has 2 saturated heterocycles. The van der Waals surface area contributed by atoms with Crippen molar-refractivity contribution in [1.29, 1.82) is 0 Å². The molecule has 68 heavy (non-hydrogen) atoms. The van der Waals surface area contributed by atoms with E-state index in [-0.39, 0.29) is 35.7 Å². The summed E-state index contributed by atoms with van der Waals surface area (Å²) >= 11 is 0. The summed E-state index contributed by atoms with van der Waals surface area (Å²) in [7, 11) is 2.78. The van der Waals surface area contributed by atoms with Crippen molar-refractivity contribution in [2.24, 2.45) is 11.8 Å². The summed E-state index contributed by atoms with van der Waals surface area (Å²) in [4.78, 5) is 71.9. The molecule has 15 nitrogen and oxygen atoms in total. The smallest absolute Gasteiger partial charge is 0.407 e. The minimum atomic E-state index is -0.888. The number of alkyl carbamates (subject to hydrolysis) is 2. The predicted molar refractivity (Wildman–Crippen MR) is 259 cm³/mol. The molecule has 3 aliphatic rings. The van der Waals surface area contributed by atoms with Crippen LogP contribution in [0.15, 0.2) is 97.3 Å². The van der Waals surface area contributed by atoms with Crippen molar-refractivity contribution < 1.29 is 28.7 Å². The van der Waals surface area contributed by atoms with Crippen LogP contribution in [0.5, 0.6) is 0 Å². The Kier molecular flexibility index (Phi) is 13.2. The van der Waals surface area contributed by atoms with Gasteiger partial charge in [0.05, 0.1) is 42.0 Å². The summed E-state index contributed by atoms with van der Waals surface area (Å²) < 4.78 is 12.6. The van der Waals surface area contributed by atoms with Crippen molar-refractivity contribution in [3.05, 3.63) is 115 Å². The van der Waals surface area contributed by atoms with Gasteiger partial charge in [-0.25, -0.2) is 19.6 Å². The van der Waals surface area contributed by atoms with E-state index >= 15 is 0 Å². The van der Waals surface area contributed by atoms with Crippen LogP contribution in [-0.2, 0) is 19.1 Å². The summed E-state index contributed by atoms with van der Waals surface area (Å²) in [5, 5.41) is 5.18. The Labute approximate surface area is 397 Å². The first-order valence-corrected chi connectivity index (χ1v) is 23.9. The molecule has 354 valence electrons. The second kappa shape index (κ2) is 19.6. The van der Waals surface area contributed by atoms with Gasteiger partial charge in [0.1, 0.15) is 17.7 Å². The predicted octanol–water partition coefficient (Wildman–Crippen LogP) is 9.56. The Hall–Kier alpha value is -7.16. The van der Waals surface area contributed by atoms with Crippen molar-refractivity contribution in [3.8, 4) is 50.7 Å². The lowest BCUT2D eigenvalue weighted by molar-refractivity contribution is -0.143. The molecule has 3 aromatic heterocycles. The summed E-state index contributed by atoms with van der Waals surface area (Å²) in [6, 6.07) is 29.0. The van der Waals surface area contributed by atoms with E-state index < -0.39 is 24.3 Å². The summed E-state index contributed by atoms with van der Waals surface area (Å²) in [6.07, 6.45) is 7.33. The molecule has 2 aliphatic heterocycles. The van der Waals surface area contributed by atoms with Gasteiger partial charge in [0.2, 0.25) is 5.91 Å². The van der Waals surface area contributed by atoms with Gasteiger partial charge in [-0.3, -0.25) is 9.59 Å². The number of imidazole rings is 2. The first-order chi connectivity index (χ1) is 32.9. The molecule has 4 atom stereocenters. The van der Waals surface area contributed by atoms with E-state index in [1.54, 1.807) is 4.90 Å². The number of amides is 4. The molecule has 3 fully saturated rings. The van der Waals surface area contributed by atoms with E-state index in [2.05, 4.69) is 110 Å². The molecule has 5 heterocycles. The number of H-pyrrole nitrogens is 2. The van der Waals surface area contributed by atoms with Gasteiger partial charge >= 0.3 is 12.2 Å². The van der Waals surface area contributed by atoms with Gasteiger partial charge in [0.25, 0.3) is 5.91 Å². The maximum Gasteiger partial charge on any atom is 0.407 e. The number of nitrogens with zero attached hydrogens (tertiary/aromatic N) is 5. The molecule has 3 aromatic carbocycles. The van der Waals surface area contributed by atoms with Crippen LogP contribution >= 0.6 is 0 Å². The van der Waals surface area contributed by atoms with E-state index in [0.29, 0.717) is 24.8 Å². The molecule has 0 radical (unpaired) electrons. The third-order valence-electron chi connectivity index (χ3n) is 13.6. The Morgan fingerprint density at radius 1 is 0.632 bits per heavy atom. The minimum Gasteiger partial charge on any atom is -0.453 e. The normalized spacial score (nSPS) is 17.9. The zero-order valence-electron chi connectivity index (χ0n) is 39.6. The van der Waals surface area contributed by atoms with Crippen LogP contribution in [0.3, 0.4) is 0 Å². The van der Waals surface area contributed by atoms with Crippen molar-refractivity contribution in [2.75, 3.05) is 27.2 Å². The fourth-order valence-corrected chi connectivity index (χ4v) is 9.73. The summed E-state index contributed by atoms with van der Waals surface area (Å²) in [5.41, 5.74) is 10.1. The first kappa shape index (κ1) is 46.0. The van der Waals surface area contributed by atoms with E-state index in [9.17, 15) is 19.2 Å². The summed E-state index contributed by atoms with van der Waals surface area (Å²) in [6.45, 7) is 8.72. The maximum atomic E-state index is 13.7. The first-order valence-electron chi connectivity index (χ1n) is 23.9. The number of carbonyl (C=O) groups excluding carboxylic acids is 4. The maximum absolute atomic E-state index is 13.7. The molecule has 1 saturated carbocycles. The fraction of sp³-hybridized carbons (Fsp3) is 0.396. The Morgan fingerprint density at radius 2 is 1.13 bits per heavy atom. The zero-order valence-corrected chi connectivity index (χ0v) is 39.6. The number of likely N-dealkylation sites (tertiary alicyclic amines) is 2. The van der Waals surface area contributed by atoms with Gasteiger partial charge in [-0.2, -0.15) is 0 Å². The zero-order chi connectivity index (χ0) is 47.6. The van der Waals surface area contributed by atoms with Crippen LogP contribution in [0, 0.1) is 11.8 Å². The lowest BCUT2D eigenvalue weighted by Crippen LogP contribution is -2.51. The van der Waals surface area contributed by atoms with Crippen LogP contribution in [0.25, 0.3) is 50.7 Å². The molecule has 0 bridgehead atoms. The molecule has 9 rings (SSSR count). The van der Waals surface area contributed by atoms with Gasteiger partial charge in [-0.05, 0) is 97.2 Å². The SMILES string of the molecule is CNC(=O)O[C@H](C(=O)N1CCC[C@H]1c1nc(-c2ccc(-c3ccc(-c4ccc(-c5c[nH]c([C@@H]6CCCN6C(=O)[C@@H](NC(=O)OC)C(C)C)n5)cc4)n3-c3ccc(C4CC4)cc3)cc2)c[nH]1)C(C)C. The van der Waals surface area contributed by atoms with Gasteiger partial charge < -0.3 is 44.4 Å². The number of hydrogen-bond donors (Lipinski definition) is 4. The van der Waals surface area contributed by atoms with Crippen molar-refractivity contribution >= 4 is 24.0 Å². The second-order valence-electron chi connectivity index (χ2n) is 18.9. The van der Waals surface area contributed by atoms with Gasteiger partial charge in [-0.15, -0.1) is 0 Å². The number of aromatic nitrogens is 5. The second-order valence-corrected chi connectivity index (χ2v) is 18.9. The van der Waals surface area contributed by atoms with E-state index in [1.807, 2.05) is 45.0 Å². The van der Waals surface area contributed by atoms with E-state index in [0.717, 1.165) is 82.2 Å². The number of methoxy groups -OCH3 is 1. The molecule has 1 aliphatic carbocycles. The number of hydrogen-bond acceptors (Lipinski definition) is 8.